The van der Waals surface area contributed by atoms with Crippen LogP contribution < -0.4 is 34.5 Å². The van der Waals surface area contributed by atoms with E-state index in [1.807, 2.05) is 75.5 Å². The number of halogens is 2. The second kappa shape index (κ2) is 16.7. The number of phenols is 2. The topological polar surface area (TPSA) is 147 Å². The highest BCUT2D eigenvalue weighted by Gasteiger charge is 2.19. The second-order valence-corrected chi connectivity index (χ2v) is 13.7. The van der Waals surface area contributed by atoms with Gasteiger partial charge in [-0.25, -0.2) is 0 Å². The predicted octanol–water partition coefficient (Wildman–Crippen LogP) is 9.15. The normalized spacial score (nSPS) is 10.8. The molecule has 2 heterocycles. The third-order valence-corrected chi connectivity index (χ3v) is 10.4. The number of ether oxygens (including phenoxy) is 5. The smallest absolute Gasteiger partial charge is 0.197 e. The summed E-state index contributed by atoms with van der Waals surface area (Å²) in [6.07, 6.45) is 0. The lowest BCUT2D eigenvalue weighted by molar-refractivity contribution is 0.284. The van der Waals surface area contributed by atoms with Crippen molar-refractivity contribution in [3.63, 3.8) is 0 Å². The summed E-state index contributed by atoms with van der Waals surface area (Å²) in [5.41, 5.74) is 2.27. The van der Waals surface area contributed by atoms with E-state index >= 15 is 0 Å². The SMILES string of the molecule is COc1cc(-c2cc(=O)c3c(O)c(I)c(OC)cc3o2)ccc1OCc1ccccc1.COc1ccc(-c2cc(=O)c3c(O)c(I)c(OC)cc3o2)cc1. The summed E-state index contributed by atoms with van der Waals surface area (Å²) < 4.78 is 39.6. The van der Waals surface area contributed by atoms with Crippen LogP contribution in [0, 0.1) is 7.14 Å². The fraction of sp³-hybridized carbons (Fsp3) is 0.122. The molecular weight excluding hydrogens is 922 g/mol. The van der Waals surface area contributed by atoms with Crippen LogP contribution in [0.5, 0.6) is 40.2 Å². The number of benzene rings is 5. The molecular formula is C41H32I2O11. The molecule has 0 saturated heterocycles. The molecule has 54 heavy (non-hydrogen) atoms. The van der Waals surface area contributed by atoms with E-state index in [-0.39, 0.29) is 44.3 Å². The molecule has 0 fully saturated rings. The largest absolute Gasteiger partial charge is 0.506 e. The molecule has 0 atom stereocenters. The number of hydrogen-bond acceptors (Lipinski definition) is 11. The Hall–Kier alpha value is -5.42. The summed E-state index contributed by atoms with van der Waals surface area (Å²) in [7, 11) is 6.12. The van der Waals surface area contributed by atoms with Gasteiger partial charge in [-0.15, -0.1) is 0 Å². The van der Waals surface area contributed by atoms with E-state index in [0.717, 1.165) is 11.1 Å². The number of phenolic OH excluding ortho intramolecular Hbond substituents is 2. The Kier molecular flexibility index (Phi) is 11.9. The molecule has 2 N–H and O–H groups in total. The van der Waals surface area contributed by atoms with Crippen molar-refractivity contribution in [2.24, 2.45) is 0 Å². The van der Waals surface area contributed by atoms with Crippen molar-refractivity contribution in [3.8, 4) is 62.9 Å². The highest BCUT2D eigenvalue weighted by molar-refractivity contribution is 14.1. The molecule has 5 aromatic carbocycles. The third-order valence-electron chi connectivity index (χ3n) is 8.30. The van der Waals surface area contributed by atoms with Gasteiger partial charge >= 0.3 is 0 Å². The zero-order chi connectivity index (χ0) is 38.5. The van der Waals surface area contributed by atoms with Crippen LogP contribution >= 0.6 is 45.2 Å². The number of rotatable bonds is 9. The van der Waals surface area contributed by atoms with Crippen molar-refractivity contribution in [2.45, 2.75) is 6.61 Å². The predicted molar refractivity (Wildman–Crippen MR) is 222 cm³/mol. The van der Waals surface area contributed by atoms with Gasteiger partial charge in [-0.05, 0) is 93.2 Å². The lowest BCUT2D eigenvalue weighted by Crippen LogP contribution is -2.03. The molecule has 0 aliphatic heterocycles. The van der Waals surface area contributed by atoms with Crippen molar-refractivity contribution in [2.75, 3.05) is 28.4 Å². The minimum atomic E-state index is -0.349. The Morgan fingerprint density at radius 1 is 0.556 bits per heavy atom. The first-order valence-corrected chi connectivity index (χ1v) is 18.3. The summed E-state index contributed by atoms with van der Waals surface area (Å²) in [4.78, 5) is 25.1. The quantitative estimate of drug-likeness (QED) is 0.134. The molecule has 0 radical (unpaired) electrons. The minimum Gasteiger partial charge on any atom is -0.506 e. The van der Waals surface area contributed by atoms with Crippen molar-refractivity contribution in [1.29, 1.82) is 0 Å². The summed E-state index contributed by atoms with van der Waals surface area (Å²) >= 11 is 3.86. The van der Waals surface area contributed by atoms with Crippen LogP contribution in [0.4, 0.5) is 0 Å². The zero-order valence-corrected chi connectivity index (χ0v) is 33.6. The number of methoxy groups -OCH3 is 4. The fourth-order valence-electron chi connectivity index (χ4n) is 5.52. The van der Waals surface area contributed by atoms with Gasteiger partial charge in [-0.1, -0.05) is 30.3 Å². The Morgan fingerprint density at radius 3 is 1.56 bits per heavy atom. The van der Waals surface area contributed by atoms with Crippen LogP contribution in [-0.2, 0) is 6.61 Å². The molecule has 0 bridgehead atoms. The van der Waals surface area contributed by atoms with Crippen LogP contribution in [0.15, 0.2) is 115 Å². The van der Waals surface area contributed by atoms with Crippen LogP contribution in [0.2, 0.25) is 0 Å². The van der Waals surface area contributed by atoms with E-state index in [1.165, 1.54) is 26.4 Å². The second-order valence-electron chi connectivity index (χ2n) is 11.5. The van der Waals surface area contributed by atoms with Gasteiger partial charge in [0.15, 0.2) is 22.4 Å². The summed E-state index contributed by atoms with van der Waals surface area (Å²) in [6, 6.07) is 28.2. The van der Waals surface area contributed by atoms with E-state index in [4.69, 9.17) is 32.5 Å². The van der Waals surface area contributed by atoms with Crippen LogP contribution in [0.3, 0.4) is 0 Å². The average molecular weight is 955 g/mol. The van der Waals surface area contributed by atoms with Crippen molar-refractivity contribution in [1.82, 2.24) is 0 Å². The summed E-state index contributed by atoms with van der Waals surface area (Å²) in [5, 5.41) is 20.9. The Balaban J connectivity index is 0.000000193. The van der Waals surface area contributed by atoms with Gasteiger partial charge in [0.05, 0.1) is 35.6 Å². The molecule has 0 aliphatic rings. The van der Waals surface area contributed by atoms with Crippen molar-refractivity contribution >= 4 is 67.1 Å². The van der Waals surface area contributed by atoms with Gasteiger partial charge in [0, 0.05) is 35.4 Å². The molecule has 276 valence electrons. The molecule has 2 aromatic heterocycles. The van der Waals surface area contributed by atoms with Gasteiger partial charge < -0.3 is 42.7 Å². The maximum atomic E-state index is 12.7. The molecule has 0 aliphatic carbocycles. The molecule has 0 saturated carbocycles. The Morgan fingerprint density at radius 2 is 1.06 bits per heavy atom. The van der Waals surface area contributed by atoms with E-state index in [2.05, 4.69) is 0 Å². The Bertz CT molecular complexity index is 2580. The van der Waals surface area contributed by atoms with Gasteiger partial charge in [-0.3, -0.25) is 9.59 Å². The fourth-order valence-corrected chi connectivity index (χ4v) is 6.81. The van der Waals surface area contributed by atoms with E-state index < -0.39 is 0 Å². The number of hydrogen-bond donors (Lipinski definition) is 2. The first-order valence-electron chi connectivity index (χ1n) is 16.1. The van der Waals surface area contributed by atoms with E-state index in [9.17, 15) is 19.8 Å². The maximum absolute atomic E-state index is 12.7. The van der Waals surface area contributed by atoms with Crippen molar-refractivity contribution in [3.05, 3.63) is 130 Å². The number of fused-ring (bicyclic) bond motifs is 2. The molecule has 0 spiro atoms. The lowest BCUT2D eigenvalue weighted by atomic mass is 10.1. The highest BCUT2D eigenvalue weighted by atomic mass is 127. The first-order chi connectivity index (χ1) is 26.1. The standard InChI is InChI=1S/C24H19IO6.C17H13IO5/c1-28-19-10-15(8-9-17(19)30-13-14-6-4-3-5-7-14)18-11-16(26)22-20(31-18)12-21(29-2)23(25)24(22)27;1-21-10-5-3-9(4-6-10)12-7-11(19)15-13(23-12)8-14(22-2)16(18)17(15)20/h3-12,27H,13H2,1-2H3;3-8,20H,1-2H3. The van der Waals surface area contributed by atoms with Crippen LogP contribution in [0.1, 0.15) is 5.56 Å². The monoisotopic (exact) mass is 954 g/mol. The minimum absolute atomic E-state index is 0.115. The highest BCUT2D eigenvalue weighted by Crippen LogP contribution is 2.39. The first kappa shape index (κ1) is 38.3. The van der Waals surface area contributed by atoms with E-state index in [0.29, 0.717) is 59.6 Å². The Labute approximate surface area is 335 Å². The molecule has 7 aromatic rings. The van der Waals surface area contributed by atoms with Gasteiger partial charge in [-0.2, -0.15) is 0 Å². The average Bonchev–Trinajstić information content (AvgIpc) is 3.19. The zero-order valence-electron chi connectivity index (χ0n) is 29.3. The molecule has 0 unspecified atom stereocenters. The van der Waals surface area contributed by atoms with Crippen molar-refractivity contribution < 1.29 is 42.7 Å². The van der Waals surface area contributed by atoms with Crippen LogP contribution in [-0.4, -0.2) is 38.7 Å². The summed E-state index contributed by atoms with van der Waals surface area (Å²) in [5.74, 6) is 3.14. The molecule has 7 rings (SSSR count). The molecule has 11 nitrogen and oxygen atoms in total. The molecule has 13 heteroatoms. The molecule has 0 amide bonds. The van der Waals surface area contributed by atoms with Gasteiger partial charge in [0.25, 0.3) is 0 Å². The van der Waals surface area contributed by atoms with Gasteiger partial charge in [0.2, 0.25) is 0 Å². The maximum Gasteiger partial charge on any atom is 0.197 e. The number of aromatic hydroxyl groups is 2. The summed E-state index contributed by atoms with van der Waals surface area (Å²) in [6.45, 7) is 0.402. The van der Waals surface area contributed by atoms with Crippen LogP contribution in [0.25, 0.3) is 44.6 Å². The lowest BCUT2D eigenvalue weighted by Gasteiger charge is -2.13. The third kappa shape index (κ3) is 7.91. The van der Waals surface area contributed by atoms with Gasteiger partial charge in [0.1, 0.15) is 68.8 Å². The van der Waals surface area contributed by atoms with E-state index in [1.54, 1.807) is 68.8 Å².